The SMILES string of the molecule is O=P(O)(c1ccccc1)c1cccc(CN2CCN(Cc3cccc(P(=O)(O)c4ccccc4)n3)CCN(Cc3cccc(P(=O)(O)c4ccccc4)n3)CC2)n1. The van der Waals surface area contributed by atoms with Gasteiger partial charge >= 0.3 is 0 Å². The van der Waals surface area contributed by atoms with Gasteiger partial charge in [0.15, 0.2) is 0 Å². The Kier molecular flexibility index (Phi) is 12.9. The molecule has 3 atom stereocenters. The molecule has 3 unspecified atom stereocenters. The molecule has 1 fully saturated rings. The number of benzene rings is 3. The Bertz CT molecular complexity index is 2150. The van der Waals surface area contributed by atoms with Crippen LogP contribution in [-0.4, -0.2) is 83.6 Å². The van der Waals surface area contributed by atoms with Gasteiger partial charge in [0.25, 0.3) is 22.1 Å². The van der Waals surface area contributed by atoms with Crippen LogP contribution in [-0.2, 0) is 33.3 Å². The number of hydrogen-bond donors (Lipinski definition) is 3. The molecule has 15 heteroatoms. The first-order valence-electron chi connectivity index (χ1n) is 18.7. The Hall–Kier alpha value is -4.44. The van der Waals surface area contributed by atoms with E-state index in [2.05, 4.69) is 29.7 Å². The third-order valence-corrected chi connectivity index (χ3v) is 15.6. The third kappa shape index (κ3) is 10.00. The Labute approximate surface area is 332 Å². The van der Waals surface area contributed by atoms with Crippen LogP contribution in [0.2, 0.25) is 0 Å². The van der Waals surface area contributed by atoms with Crippen LogP contribution in [0, 0.1) is 0 Å². The number of hydrogen-bond acceptors (Lipinski definition) is 9. The van der Waals surface area contributed by atoms with E-state index in [4.69, 9.17) is 0 Å². The van der Waals surface area contributed by atoms with Crippen molar-refractivity contribution in [1.29, 1.82) is 0 Å². The van der Waals surface area contributed by atoms with Gasteiger partial charge in [-0.2, -0.15) is 0 Å². The maximum absolute atomic E-state index is 13.6. The monoisotopic (exact) mass is 822 g/mol. The van der Waals surface area contributed by atoms with Gasteiger partial charge < -0.3 is 14.7 Å². The first-order chi connectivity index (χ1) is 27.5. The summed E-state index contributed by atoms with van der Waals surface area (Å²) in [5.41, 5.74) is 2.38. The van der Waals surface area contributed by atoms with Crippen molar-refractivity contribution in [3.63, 3.8) is 0 Å². The molecule has 57 heavy (non-hydrogen) atoms. The second-order valence-corrected chi connectivity index (χ2v) is 20.4. The summed E-state index contributed by atoms with van der Waals surface area (Å²) in [4.78, 5) is 54.1. The fourth-order valence-corrected chi connectivity index (χ4v) is 11.0. The molecule has 294 valence electrons. The van der Waals surface area contributed by atoms with Crippen molar-refractivity contribution in [1.82, 2.24) is 29.7 Å². The maximum Gasteiger partial charge on any atom is 0.276 e. The summed E-state index contributed by atoms with van der Waals surface area (Å²) < 4.78 is 40.7. The molecule has 0 aliphatic carbocycles. The lowest BCUT2D eigenvalue weighted by atomic mass is 10.3. The van der Waals surface area contributed by atoms with Crippen molar-refractivity contribution in [3.05, 3.63) is 163 Å². The molecule has 3 aromatic heterocycles. The lowest BCUT2D eigenvalue weighted by Crippen LogP contribution is -2.36. The predicted octanol–water partition coefficient (Wildman–Crippen LogP) is 3.36. The first-order valence-corrected chi connectivity index (χ1v) is 23.7. The quantitative estimate of drug-likeness (QED) is 0.155. The molecule has 0 amide bonds. The lowest BCUT2D eigenvalue weighted by Gasteiger charge is -2.26. The molecule has 0 radical (unpaired) electrons. The summed E-state index contributed by atoms with van der Waals surface area (Å²) in [5, 5.41) is 0.963. The number of aromatic nitrogens is 3. The van der Waals surface area contributed by atoms with E-state index < -0.39 is 22.1 Å². The van der Waals surface area contributed by atoms with E-state index in [1.165, 1.54) is 0 Å². The minimum Gasteiger partial charge on any atom is -0.337 e. The van der Waals surface area contributed by atoms with Gasteiger partial charge in [-0.25, -0.2) is 15.0 Å². The van der Waals surface area contributed by atoms with Gasteiger partial charge in [0.05, 0.1) is 17.1 Å². The van der Waals surface area contributed by atoms with E-state index in [0.717, 1.165) is 0 Å². The van der Waals surface area contributed by atoms with Crippen molar-refractivity contribution < 1.29 is 28.4 Å². The van der Waals surface area contributed by atoms with Crippen LogP contribution in [0.4, 0.5) is 0 Å². The summed E-state index contributed by atoms with van der Waals surface area (Å²) in [6.45, 7) is 5.19. The maximum atomic E-state index is 13.6. The number of rotatable bonds is 12. The molecule has 1 saturated heterocycles. The highest BCUT2D eigenvalue weighted by atomic mass is 31.2. The molecule has 0 spiro atoms. The average molecular weight is 823 g/mol. The van der Waals surface area contributed by atoms with Crippen LogP contribution in [0.3, 0.4) is 0 Å². The highest BCUT2D eigenvalue weighted by Gasteiger charge is 2.29. The molecule has 3 aromatic carbocycles. The third-order valence-electron chi connectivity index (χ3n) is 9.98. The minimum atomic E-state index is -3.91. The van der Waals surface area contributed by atoms with Gasteiger partial charge in [0.2, 0.25) is 0 Å². The Morgan fingerprint density at radius 3 is 0.860 bits per heavy atom. The Balaban J connectivity index is 1.13. The summed E-state index contributed by atoms with van der Waals surface area (Å²) in [5.74, 6) is 0. The van der Waals surface area contributed by atoms with E-state index in [1.807, 2.05) is 18.2 Å². The molecule has 3 N–H and O–H groups in total. The van der Waals surface area contributed by atoms with Crippen LogP contribution in [0.15, 0.2) is 146 Å². The highest BCUT2D eigenvalue weighted by molar-refractivity contribution is 7.74. The molecule has 12 nitrogen and oxygen atoms in total. The highest BCUT2D eigenvalue weighted by Crippen LogP contribution is 2.39. The molecule has 0 saturated carbocycles. The normalized spacial score (nSPS) is 17.9. The molecule has 6 aromatic rings. The predicted molar refractivity (Wildman–Crippen MR) is 225 cm³/mol. The fraction of sp³-hybridized carbons (Fsp3) is 0.214. The zero-order valence-corrected chi connectivity index (χ0v) is 34.0. The summed E-state index contributed by atoms with van der Waals surface area (Å²) in [6, 6.07) is 41.3. The van der Waals surface area contributed by atoms with E-state index in [1.54, 1.807) is 127 Å². The van der Waals surface area contributed by atoms with Crippen molar-refractivity contribution in [2.75, 3.05) is 39.3 Å². The summed E-state index contributed by atoms with van der Waals surface area (Å²) in [7, 11) is -11.7. The second kappa shape index (κ2) is 18.0. The first kappa shape index (κ1) is 40.7. The van der Waals surface area contributed by atoms with Gasteiger partial charge in [-0.1, -0.05) is 72.8 Å². The number of pyridine rings is 3. The zero-order chi connectivity index (χ0) is 39.9. The Morgan fingerprint density at radius 1 is 0.368 bits per heavy atom. The smallest absolute Gasteiger partial charge is 0.276 e. The fourth-order valence-electron chi connectivity index (χ4n) is 6.80. The van der Waals surface area contributed by atoms with Gasteiger partial charge in [0.1, 0.15) is 16.3 Å². The van der Waals surface area contributed by atoms with E-state index in [0.29, 0.717) is 91.9 Å². The van der Waals surface area contributed by atoms with Crippen molar-refractivity contribution in [3.8, 4) is 0 Å². The van der Waals surface area contributed by atoms with Crippen LogP contribution in [0.1, 0.15) is 17.1 Å². The van der Waals surface area contributed by atoms with Crippen molar-refractivity contribution in [2.24, 2.45) is 0 Å². The van der Waals surface area contributed by atoms with Gasteiger partial charge in [-0.3, -0.25) is 28.4 Å². The van der Waals surface area contributed by atoms with E-state index >= 15 is 0 Å². The van der Waals surface area contributed by atoms with Crippen LogP contribution >= 0.6 is 22.1 Å². The van der Waals surface area contributed by atoms with E-state index in [9.17, 15) is 28.4 Å². The second-order valence-electron chi connectivity index (χ2n) is 14.0. The van der Waals surface area contributed by atoms with Gasteiger partial charge in [0, 0.05) is 74.8 Å². The molecule has 7 rings (SSSR count). The Morgan fingerprint density at radius 2 is 0.614 bits per heavy atom. The number of nitrogens with zero attached hydrogens (tertiary/aromatic N) is 6. The van der Waals surface area contributed by atoms with Gasteiger partial charge in [-0.15, -0.1) is 0 Å². The molecular weight excluding hydrogens is 777 g/mol. The van der Waals surface area contributed by atoms with Crippen molar-refractivity contribution in [2.45, 2.75) is 19.6 Å². The van der Waals surface area contributed by atoms with E-state index in [-0.39, 0.29) is 16.3 Å². The van der Waals surface area contributed by atoms with Crippen LogP contribution < -0.4 is 32.2 Å². The average Bonchev–Trinajstić information content (AvgIpc) is 3.33. The largest absolute Gasteiger partial charge is 0.337 e. The molecule has 1 aliphatic heterocycles. The topological polar surface area (TPSA) is 160 Å². The van der Waals surface area contributed by atoms with Crippen LogP contribution in [0.5, 0.6) is 0 Å². The molecule has 4 heterocycles. The molecule has 1 aliphatic rings. The van der Waals surface area contributed by atoms with Crippen LogP contribution in [0.25, 0.3) is 0 Å². The summed E-state index contributed by atoms with van der Waals surface area (Å²) in [6.07, 6.45) is 0. The van der Waals surface area contributed by atoms with Crippen molar-refractivity contribution >= 4 is 54.3 Å². The lowest BCUT2D eigenvalue weighted by molar-refractivity contribution is 0.207. The van der Waals surface area contributed by atoms with Gasteiger partial charge in [-0.05, 0) is 72.8 Å². The summed E-state index contributed by atoms with van der Waals surface area (Å²) >= 11 is 0. The standard InChI is InChI=1S/C42H45N6O6P3/c49-55(50,37-16-4-1-5-17-37)40-22-10-13-34(43-40)31-46-25-27-47(32-35-14-11-23-41(44-35)56(51,52)38-18-6-2-7-19-38)29-30-48(28-26-46)33-36-15-12-24-42(45-36)57(53,54)39-20-8-3-9-21-39/h1-24H,25-33H2,(H,49,50)(H,51,52)(H,53,54). The molecular formula is C42H45N6O6P3. The minimum absolute atomic E-state index is 0.129. The zero-order valence-electron chi connectivity index (χ0n) is 31.3. The molecule has 0 bridgehead atoms.